The predicted molar refractivity (Wildman–Crippen MR) is 29.1 cm³/mol. The molecule has 0 fully saturated rings. The zero-order valence-corrected chi connectivity index (χ0v) is 5.26. The van der Waals surface area contributed by atoms with Crippen molar-refractivity contribution in [3.63, 3.8) is 0 Å². The topological polar surface area (TPSA) is 0 Å². The van der Waals surface area contributed by atoms with Crippen molar-refractivity contribution in [2.24, 2.45) is 0 Å². The third-order valence-corrected chi connectivity index (χ3v) is 1.02. The van der Waals surface area contributed by atoms with E-state index in [0.29, 0.717) is 0 Å². The van der Waals surface area contributed by atoms with E-state index in [1.54, 1.807) is 0 Å². The third kappa shape index (κ3) is 2.45. The van der Waals surface area contributed by atoms with Crippen molar-refractivity contribution >= 4 is 12.6 Å². The second-order valence-corrected chi connectivity index (χ2v) is 2.06. The molecule has 8 heavy (non-hydrogen) atoms. The van der Waals surface area contributed by atoms with Crippen molar-refractivity contribution in [2.45, 2.75) is 24.8 Å². The van der Waals surface area contributed by atoms with Crippen molar-refractivity contribution in [1.29, 1.82) is 0 Å². The Morgan fingerprint density at radius 2 is 2.00 bits per heavy atom. The summed E-state index contributed by atoms with van der Waals surface area (Å²) in [5.41, 5.74) is 0. The Morgan fingerprint density at radius 3 is 2.00 bits per heavy atom. The van der Waals surface area contributed by atoms with Crippen LogP contribution in [0.1, 0.15) is 13.3 Å². The van der Waals surface area contributed by atoms with E-state index in [1.165, 1.54) is 6.92 Å². The van der Waals surface area contributed by atoms with Gasteiger partial charge >= 0.3 is 5.25 Å². The molecule has 50 valence electrons. The second-order valence-electron chi connectivity index (χ2n) is 1.46. The molecule has 0 aliphatic heterocycles. The fraction of sp³-hybridized carbons (Fsp3) is 1.00. The van der Waals surface area contributed by atoms with Gasteiger partial charge in [0.15, 0.2) is 6.17 Å². The summed E-state index contributed by atoms with van der Waals surface area (Å²) in [6, 6.07) is 0. The van der Waals surface area contributed by atoms with Crippen LogP contribution < -0.4 is 0 Å². The van der Waals surface area contributed by atoms with Crippen LogP contribution in [0.15, 0.2) is 0 Å². The molecule has 0 nitrogen and oxygen atoms in total. The van der Waals surface area contributed by atoms with E-state index < -0.39 is 11.4 Å². The number of alkyl halides is 3. The second kappa shape index (κ2) is 2.62. The molecule has 0 aliphatic carbocycles. The maximum atomic E-state index is 11.8. The molecular formula is C4H7F3S. The lowest BCUT2D eigenvalue weighted by molar-refractivity contribution is 0.0154. The fourth-order valence-corrected chi connectivity index (χ4v) is 0.428. The predicted octanol–water partition coefficient (Wildman–Crippen LogP) is 2.26. The average molecular weight is 144 g/mol. The van der Waals surface area contributed by atoms with E-state index in [1.807, 2.05) is 0 Å². The maximum absolute atomic E-state index is 11.8. The minimum atomic E-state index is -3.46. The lowest BCUT2D eigenvalue weighted by Gasteiger charge is -2.11. The molecule has 1 atom stereocenters. The summed E-state index contributed by atoms with van der Waals surface area (Å²) < 4.78 is 35.0. The van der Waals surface area contributed by atoms with Crippen molar-refractivity contribution in [3.05, 3.63) is 0 Å². The van der Waals surface area contributed by atoms with E-state index in [9.17, 15) is 13.2 Å². The molecule has 0 aliphatic rings. The van der Waals surface area contributed by atoms with Crippen LogP contribution >= 0.6 is 12.6 Å². The Morgan fingerprint density at radius 1 is 1.62 bits per heavy atom. The van der Waals surface area contributed by atoms with Gasteiger partial charge in [-0.15, -0.1) is 12.6 Å². The van der Waals surface area contributed by atoms with Gasteiger partial charge in [-0.2, -0.15) is 8.78 Å². The summed E-state index contributed by atoms with van der Waals surface area (Å²) in [4.78, 5) is 0. The Balaban J connectivity index is 3.62. The van der Waals surface area contributed by atoms with Gasteiger partial charge in [-0.05, 0) is 6.42 Å². The van der Waals surface area contributed by atoms with Crippen LogP contribution in [0.4, 0.5) is 13.2 Å². The summed E-state index contributed by atoms with van der Waals surface area (Å²) >= 11 is 2.72. The summed E-state index contributed by atoms with van der Waals surface area (Å²) in [6.07, 6.45) is -2.32. The zero-order valence-electron chi connectivity index (χ0n) is 4.37. The Bertz CT molecular complexity index is 68.2. The third-order valence-electron chi connectivity index (χ3n) is 0.735. The summed E-state index contributed by atoms with van der Waals surface area (Å²) in [6.45, 7) is 1.34. The molecular weight excluding hydrogens is 137 g/mol. The van der Waals surface area contributed by atoms with Crippen molar-refractivity contribution < 1.29 is 13.2 Å². The molecule has 0 aromatic carbocycles. The van der Waals surface area contributed by atoms with Crippen LogP contribution in [-0.2, 0) is 0 Å². The molecule has 4 heteroatoms. The first-order valence-electron chi connectivity index (χ1n) is 2.22. The summed E-state index contributed by atoms with van der Waals surface area (Å²) in [5.74, 6) is 0. The van der Waals surface area contributed by atoms with Crippen LogP contribution in [-0.4, -0.2) is 11.4 Å². The summed E-state index contributed by atoms with van der Waals surface area (Å²) in [5, 5.41) is -3.46. The van der Waals surface area contributed by atoms with Crippen LogP contribution in [0.5, 0.6) is 0 Å². The Labute approximate surface area is 51.5 Å². The van der Waals surface area contributed by atoms with E-state index in [4.69, 9.17) is 0 Å². The Hall–Kier alpha value is 0.140. The maximum Gasteiger partial charge on any atom is 0.321 e. The molecule has 0 amide bonds. The number of halogens is 3. The van der Waals surface area contributed by atoms with E-state index in [2.05, 4.69) is 12.6 Å². The molecule has 0 N–H and O–H groups in total. The van der Waals surface area contributed by atoms with E-state index in [-0.39, 0.29) is 6.42 Å². The van der Waals surface area contributed by atoms with Gasteiger partial charge in [-0.25, -0.2) is 4.39 Å². The highest BCUT2D eigenvalue weighted by Crippen LogP contribution is 2.27. The SMILES string of the molecule is CCC(F)C(F)(F)S. The zero-order chi connectivity index (χ0) is 6.78. The van der Waals surface area contributed by atoms with Gasteiger partial charge in [0.25, 0.3) is 0 Å². The minimum absolute atomic E-state index is 0.198. The minimum Gasteiger partial charge on any atom is -0.240 e. The van der Waals surface area contributed by atoms with E-state index in [0.717, 1.165) is 0 Å². The molecule has 0 rings (SSSR count). The summed E-state index contributed by atoms with van der Waals surface area (Å²) in [7, 11) is 0. The van der Waals surface area contributed by atoms with Crippen LogP contribution in [0.3, 0.4) is 0 Å². The Kier molecular flexibility index (Phi) is 2.66. The first-order chi connectivity index (χ1) is 3.48. The number of rotatable bonds is 2. The molecule has 0 aromatic rings. The number of hydrogen-bond acceptors (Lipinski definition) is 1. The quantitative estimate of drug-likeness (QED) is 0.564. The average Bonchev–Trinajstić information content (AvgIpc) is 1.62. The highest BCUT2D eigenvalue weighted by atomic mass is 32.1. The van der Waals surface area contributed by atoms with Crippen molar-refractivity contribution in [1.82, 2.24) is 0 Å². The fourth-order valence-electron chi connectivity index (χ4n) is 0.246. The van der Waals surface area contributed by atoms with Gasteiger partial charge < -0.3 is 0 Å². The number of thiol groups is 1. The largest absolute Gasteiger partial charge is 0.321 e. The molecule has 0 saturated carbocycles. The van der Waals surface area contributed by atoms with Gasteiger partial charge in [0.2, 0.25) is 0 Å². The first kappa shape index (κ1) is 8.14. The molecule has 0 bridgehead atoms. The van der Waals surface area contributed by atoms with Crippen molar-refractivity contribution in [2.75, 3.05) is 0 Å². The lowest BCUT2D eigenvalue weighted by atomic mass is 10.3. The molecule has 0 spiro atoms. The lowest BCUT2D eigenvalue weighted by Crippen LogP contribution is -2.21. The molecule has 0 aromatic heterocycles. The van der Waals surface area contributed by atoms with Crippen LogP contribution in [0.2, 0.25) is 0 Å². The highest BCUT2D eigenvalue weighted by Gasteiger charge is 2.33. The molecule has 0 radical (unpaired) electrons. The van der Waals surface area contributed by atoms with E-state index >= 15 is 0 Å². The smallest absolute Gasteiger partial charge is 0.240 e. The van der Waals surface area contributed by atoms with Gasteiger partial charge in [-0.1, -0.05) is 6.92 Å². The molecule has 0 heterocycles. The van der Waals surface area contributed by atoms with Crippen LogP contribution in [0.25, 0.3) is 0 Å². The van der Waals surface area contributed by atoms with Crippen molar-refractivity contribution in [3.8, 4) is 0 Å². The highest BCUT2D eigenvalue weighted by molar-refractivity contribution is 7.81. The van der Waals surface area contributed by atoms with Gasteiger partial charge in [-0.3, -0.25) is 0 Å². The normalized spacial score (nSPS) is 16.1. The first-order valence-corrected chi connectivity index (χ1v) is 2.67. The standard InChI is InChI=1S/C4H7F3S/c1-2-3(5)4(6,7)8/h3,8H,2H2,1H3. The number of hydrogen-bond donors (Lipinski definition) is 1. The van der Waals surface area contributed by atoms with Gasteiger partial charge in [0.1, 0.15) is 0 Å². The molecule has 0 saturated heterocycles. The monoisotopic (exact) mass is 144 g/mol. The van der Waals surface area contributed by atoms with Crippen LogP contribution in [0, 0.1) is 0 Å². The van der Waals surface area contributed by atoms with Gasteiger partial charge in [0.05, 0.1) is 0 Å². The van der Waals surface area contributed by atoms with Gasteiger partial charge in [0, 0.05) is 0 Å². The molecule has 1 unspecified atom stereocenters.